The van der Waals surface area contributed by atoms with Crippen molar-refractivity contribution in [2.45, 2.75) is 36.8 Å². The highest BCUT2D eigenvalue weighted by Crippen LogP contribution is 2.34. The Labute approximate surface area is 138 Å². The van der Waals surface area contributed by atoms with E-state index in [1.54, 1.807) is 6.07 Å². The van der Waals surface area contributed by atoms with E-state index >= 15 is 0 Å². The Bertz CT molecular complexity index is 645. The largest absolute Gasteiger partial charge is 0.451 e. The number of carbonyl (C=O) groups excluding carboxylic acids is 3. The number of hydrogen-bond donors (Lipinski definition) is 1. The molecule has 122 valence electrons. The SMILES string of the molecule is C[C@@H](OC(=O)CN1C(=O)CSc2ccccc21)C(=O)NC1CC1. The normalized spacial score (nSPS) is 18.1. The molecule has 2 amide bonds. The zero-order chi connectivity index (χ0) is 16.4. The number of esters is 1. The van der Waals surface area contributed by atoms with Crippen molar-refractivity contribution in [2.75, 3.05) is 17.2 Å². The predicted octanol–water partition coefficient (Wildman–Crippen LogP) is 1.34. The molecule has 1 aliphatic carbocycles. The summed E-state index contributed by atoms with van der Waals surface area (Å²) in [6, 6.07) is 7.65. The van der Waals surface area contributed by atoms with E-state index in [0.29, 0.717) is 11.4 Å². The molecule has 1 aliphatic heterocycles. The molecule has 1 atom stereocenters. The van der Waals surface area contributed by atoms with Gasteiger partial charge in [-0.15, -0.1) is 11.8 Å². The van der Waals surface area contributed by atoms with Crippen LogP contribution in [0.15, 0.2) is 29.2 Å². The standard InChI is InChI=1S/C16H18N2O4S/c1-10(16(21)17-11-6-7-11)22-15(20)8-18-12-4-2-3-5-13(12)23-9-14(18)19/h2-5,10-11H,6-9H2,1H3,(H,17,21)/t10-/m1/s1. The second-order valence-electron chi connectivity index (χ2n) is 5.65. The summed E-state index contributed by atoms with van der Waals surface area (Å²) < 4.78 is 5.16. The molecule has 1 aromatic rings. The average Bonchev–Trinajstić information content (AvgIpc) is 3.34. The first-order valence-electron chi connectivity index (χ1n) is 7.56. The number of carbonyl (C=O) groups is 3. The van der Waals surface area contributed by atoms with Crippen LogP contribution >= 0.6 is 11.8 Å². The average molecular weight is 334 g/mol. The third-order valence-corrected chi connectivity index (χ3v) is 4.74. The number of anilines is 1. The van der Waals surface area contributed by atoms with Crippen LogP contribution in [0.5, 0.6) is 0 Å². The minimum Gasteiger partial charge on any atom is -0.451 e. The maximum Gasteiger partial charge on any atom is 0.326 e. The van der Waals surface area contributed by atoms with Crippen LogP contribution in [-0.4, -0.2) is 42.2 Å². The Morgan fingerprint density at radius 2 is 2.13 bits per heavy atom. The van der Waals surface area contributed by atoms with Crippen molar-refractivity contribution in [1.29, 1.82) is 0 Å². The minimum absolute atomic E-state index is 0.138. The zero-order valence-electron chi connectivity index (χ0n) is 12.8. The van der Waals surface area contributed by atoms with E-state index in [2.05, 4.69) is 5.32 Å². The first kappa shape index (κ1) is 15.9. The first-order chi connectivity index (χ1) is 11.0. The summed E-state index contributed by atoms with van der Waals surface area (Å²) in [7, 11) is 0. The molecule has 7 heteroatoms. The number of hydrogen-bond acceptors (Lipinski definition) is 5. The zero-order valence-corrected chi connectivity index (χ0v) is 13.6. The van der Waals surface area contributed by atoms with Gasteiger partial charge in [0.15, 0.2) is 6.10 Å². The topological polar surface area (TPSA) is 75.7 Å². The van der Waals surface area contributed by atoms with Gasteiger partial charge in [-0.05, 0) is 31.9 Å². The number of para-hydroxylation sites is 1. The van der Waals surface area contributed by atoms with Crippen LogP contribution in [0.4, 0.5) is 5.69 Å². The predicted molar refractivity (Wildman–Crippen MR) is 86.2 cm³/mol. The Morgan fingerprint density at radius 3 is 2.87 bits per heavy atom. The first-order valence-corrected chi connectivity index (χ1v) is 8.55. The summed E-state index contributed by atoms with van der Waals surface area (Å²) in [6.07, 6.45) is 1.10. The molecule has 1 fully saturated rings. The van der Waals surface area contributed by atoms with E-state index < -0.39 is 12.1 Å². The fourth-order valence-corrected chi connectivity index (χ4v) is 3.23. The maximum absolute atomic E-state index is 12.1. The molecule has 23 heavy (non-hydrogen) atoms. The molecular formula is C16H18N2O4S. The van der Waals surface area contributed by atoms with Gasteiger partial charge in [-0.1, -0.05) is 12.1 Å². The Hall–Kier alpha value is -2.02. The van der Waals surface area contributed by atoms with Gasteiger partial charge in [0.1, 0.15) is 6.54 Å². The molecule has 1 saturated carbocycles. The third kappa shape index (κ3) is 3.85. The third-order valence-electron chi connectivity index (χ3n) is 3.70. The molecule has 1 heterocycles. The smallest absolute Gasteiger partial charge is 0.326 e. The van der Waals surface area contributed by atoms with Crippen molar-refractivity contribution in [3.05, 3.63) is 24.3 Å². The molecule has 1 aromatic carbocycles. The van der Waals surface area contributed by atoms with Gasteiger partial charge >= 0.3 is 5.97 Å². The molecule has 0 saturated heterocycles. The van der Waals surface area contributed by atoms with Gasteiger partial charge in [0.25, 0.3) is 5.91 Å². The van der Waals surface area contributed by atoms with Crippen molar-refractivity contribution in [1.82, 2.24) is 5.32 Å². The van der Waals surface area contributed by atoms with E-state index in [9.17, 15) is 14.4 Å². The van der Waals surface area contributed by atoms with E-state index in [1.807, 2.05) is 18.2 Å². The molecule has 0 unspecified atom stereocenters. The van der Waals surface area contributed by atoms with Crippen LogP contribution in [0.2, 0.25) is 0 Å². The lowest BCUT2D eigenvalue weighted by Crippen LogP contribution is -2.43. The number of nitrogens with zero attached hydrogens (tertiary/aromatic N) is 1. The number of benzene rings is 1. The summed E-state index contributed by atoms with van der Waals surface area (Å²) >= 11 is 1.45. The van der Waals surface area contributed by atoms with E-state index in [-0.39, 0.29) is 24.4 Å². The van der Waals surface area contributed by atoms with Crippen molar-refractivity contribution < 1.29 is 19.1 Å². The molecule has 0 bridgehead atoms. The van der Waals surface area contributed by atoms with E-state index in [0.717, 1.165) is 17.7 Å². The van der Waals surface area contributed by atoms with Gasteiger partial charge in [-0.25, -0.2) is 0 Å². The molecule has 6 nitrogen and oxygen atoms in total. The lowest BCUT2D eigenvalue weighted by atomic mass is 10.2. The molecule has 0 spiro atoms. The van der Waals surface area contributed by atoms with Crippen LogP contribution in [-0.2, 0) is 19.1 Å². The second kappa shape index (κ2) is 6.62. The number of nitrogens with one attached hydrogen (secondary N) is 1. The summed E-state index contributed by atoms with van der Waals surface area (Å²) in [5, 5.41) is 2.79. The van der Waals surface area contributed by atoms with Crippen molar-refractivity contribution in [3.8, 4) is 0 Å². The van der Waals surface area contributed by atoms with Gasteiger partial charge in [-0.2, -0.15) is 0 Å². The Balaban J connectivity index is 1.60. The van der Waals surface area contributed by atoms with Crippen molar-refractivity contribution >= 4 is 35.2 Å². The summed E-state index contributed by atoms with van der Waals surface area (Å²) in [5.41, 5.74) is 0.709. The summed E-state index contributed by atoms with van der Waals surface area (Å²) in [4.78, 5) is 38.3. The molecular weight excluding hydrogens is 316 g/mol. The van der Waals surface area contributed by atoms with Crippen LogP contribution < -0.4 is 10.2 Å². The maximum atomic E-state index is 12.1. The van der Waals surface area contributed by atoms with Gasteiger partial charge in [0.2, 0.25) is 5.91 Å². The fourth-order valence-electron chi connectivity index (χ4n) is 2.29. The minimum atomic E-state index is -0.854. The second-order valence-corrected chi connectivity index (χ2v) is 6.67. The Kier molecular flexibility index (Phi) is 4.56. The summed E-state index contributed by atoms with van der Waals surface area (Å²) in [6.45, 7) is 1.36. The highest BCUT2D eigenvalue weighted by Gasteiger charge is 2.30. The van der Waals surface area contributed by atoms with Crippen LogP contribution in [0.1, 0.15) is 19.8 Å². The van der Waals surface area contributed by atoms with Gasteiger partial charge in [0, 0.05) is 10.9 Å². The number of ether oxygens (including phenoxy) is 1. The monoisotopic (exact) mass is 334 g/mol. The summed E-state index contributed by atoms with van der Waals surface area (Å²) in [5.74, 6) is -0.719. The molecule has 0 radical (unpaired) electrons. The quantitative estimate of drug-likeness (QED) is 0.822. The molecule has 2 aliphatic rings. The molecule has 3 rings (SSSR count). The van der Waals surface area contributed by atoms with Crippen LogP contribution in [0.3, 0.4) is 0 Å². The van der Waals surface area contributed by atoms with Crippen LogP contribution in [0, 0.1) is 0 Å². The van der Waals surface area contributed by atoms with Crippen LogP contribution in [0.25, 0.3) is 0 Å². The number of rotatable bonds is 5. The fraction of sp³-hybridized carbons (Fsp3) is 0.438. The molecule has 0 aromatic heterocycles. The van der Waals surface area contributed by atoms with E-state index in [4.69, 9.17) is 4.74 Å². The van der Waals surface area contributed by atoms with E-state index in [1.165, 1.54) is 23.6 Å². The highest BCUT2D eigenvalue weighted by atomic mass is 32.2. The van der Waals surface area contributed by atoms with Gasteiger partial charge < -0.3 is 10.1 Å². The Morgan fingerprint density at radius 1 is 1.39 bits per heavy atom. The number of thioether (sulfide) groups is 1. The number of amides is 2. The van der Waals surface area contributed by atoms with Crippen molar-refractivity contribution in [2.24, 2.45) is 0 Å². The lowest BCUT2D eigenvalue weighted by molar-refractivity contribution is -0.153. The van der Waals surface area contributed by atoms with Crippen molar-refractivity contribution in [3.63, 3.8) is 0 Å². The number of fused-ring (bicyclic) bond motifs is 1. The van der Waals surface area contributed by atoms with Gasteiger partial charge in [-0.3, -0.25) is 19.3 Å². The van der Waals surface area contributed by atoms with Gasteiger partial charge in [0.05, 0.1) is 11.4 Å². The molecule has 1 N–H and O–H groups in total. The lowest BCUT2D eigenvalue weighted by Gasteiger charge is -2.28. The highest BCUT2D eigenvalue weighted by molar-refractivity contribution is 8.00.